The van der Waals surface area contributed by atoms with Gasteiger partial charge in [0.2, 0.25) is 0 Å². The molecule has 2 aromatic heterocycles. The molecule has 0 aromatic carbocycles. The maximum Gasteiger partial charge on any atom is 0.259 e. The molecule has 102 valence electrons. The van der Waals surface area contributed by atoms with Gasteiger partial charge in [0.25, 0.3) is 5.56 Å². The van der Waals surface area contributed by atoms with Crippen LogP contribution in [0.1, 0.15) is 56.2 Å². The molecule has 1 saturated carbocycles. The molecule has 2 heterocycles. The average molecular weight is 276 g/mol. The normalized spacial score (nSPS) is 22.8. The van der Waals surface area contributed by atoms with Gasteiger partial charge in [0.1, 0.15) is 10.7 Å². The van der Waals surface area contributed by atoms with Crippen molar-refractivity contribution >= 4 is 21.6 Å². The molecule has 4 heteroatoms. The van der Waals surface area contributed by atoms with Gasteiger partial charge in [0.05, 0.1) is 5.39 Å². The Labute approximate surface area is 117 Å². The topological polar surface area (TPSA) is 45.8 Å². The summed E-state index contributed by atoms with van der Waals surface area (Å²) in [5.74, 6) is 1.30. The first-order valence-corrected chi connectivity index (χ1v) is 7.77. The Balaban J connectivity index is 2.03. The van der Waals surface area contributed by atoms with E-state index in [9.17, 15) is 4.79 Å². The van der Waals surface area contributed by atoms with E-state index in [1.807, 2.05) is 13.0 Å². The highest BCUT2D eigenvalue weighted by Gasteiger charge is 2.30. The lowest BCUT2D eigenvalue weighted by Crippen LogP contribution is -2.24. The minimum absolute atomic E-state index is 0.0210. The van der Waals surface area contributed by atoms with Crippen molar-refractivity contribution in [1.82, 2.24) is 9.97 Å². The molecule has 19 heavy (non-hydrogen) atoms. The van der Waals surface area contributed by atoms with Crippen LogP contribution in [0.4, 0.5) is 0 Å². The maximum atomic E-state index is 12.1. The highest BCUT2D eigenvalue weighted by atomic mass is 32.1. The lowest BCUT2D eigenvalue weighted by molar-refractivity contribution is 0.215. The van der Waals surface area contributed by atoms with Gasteiger partial charge in [-0.05, 0) is 37.7 Å². The zero-order valence-corrected chi connectivity index (χ0v) is 12.6. The summed E-state index contributed by atoms with van der Waals surface area (Å²) in [6.45, 7) is 6.64. The molecule has 3 rings (SSSR count). The van der Waals surface area contributed by atoms with E-state index in [0.29, 0.717) is 11.3 Å². The summed E-state index contributed by atoms with van der Waals surface area (Å²) in [5, 5.41) is 0.737. The molecule has 0 spiro atoms. The van der Waals surface area contributed by atoms with Crippen LogP contribution in [0.3, 0.4) is 0 Å². The van der Waals surface area contributed by atoms with E-state index >= 15 is 0 Å². The largest absolute Gasteiger partial charge is 0.310 e. The van der Waals surface area contributed by atoms with Crippen molar-refractivity contribution < 1.29 is 0 Å². The van der Waals surface area contributed by atoms with E-state index in [4.69, 9.17) is 4.98 Å². The first kappa shape index (κ1) is 12.9. The Morgan fingerprint density at radius 3 is 3.00 bits per heavy atom. The van der Waals surface area contributed by atoms with Gasteiger partial charge < -0.3 is 4.98 Å². The molecule has 1 fully saturated rings. The van der Waals surface area contributed by atoms with Crippen LogP contribution in [0.5, 0.6) is 0 Å². The lowest BCUT2D eigenvalue weighted by atomic mass is 9.72. The molecule has 3 nitrogen and oxygen atoms in total. The first-order valence-electron chi connectivity index (χ1n) is 6.95. The summed E-state index contributed by atoms with van der Waals surface area (Å²) in [6, 6.07) is 1.93. The molecule has 0 unspecified atom stereocenters. The van der Waals surface area contributed by atoms with E-state index in [-0.39, 0.29) is 5.56 Å². The fourth-order valence-electron chi connectivity index (χ4n) is 3.19. The van der Waals surface area contributed by atoms with Crippen molar-refractivity contribution in [1.29, 1.82) is 0 Å². The zero-order valence-electron chi connectivity index (χ0n) is 11.7. The van der Waals surface area contributed by atoms with Crippen LogP contribution in [0, 0.1) is 12.3 Å². The van der Waals surface area contributed by atoms with E-state index in [1.165, 1.54) is 12.8 Å². The van der Waals surface area contributed by atoms with Gasteiger partial charge in [0, 0.05) is 10.8 Å². The smallest absolute Gasteiger partial charge is 0.259 e. The standard InChI is InChI=1S/C15H20N2OS/c1-9-7-11-13(18)16-12(17-14(11)19-9)10-5-4-6-15(2,3)8-10/h7,10H,4-6,8H2,1-3H3,(H,16,17,18)/t10-/m0/s1. The number of aromatic nitrogens is 2. The molecule has 1 aliphatic carbocycles. The Morgan fingerprint density at radius 2 is 2.26 bits per heavy atom. The number of hydrogen-bond donors (Lipinski definition) is 1. The summed E-state index contributed by atoms with van der Waals surface area (Å²) < 4.78 is 0. The Hall–Kier alpha value is -1.16. The lowest BCUT2D eigenvalue weighted by Gasteiger charge is -2.34. The SMILES string of the molecule is Cc1cc2c(=O)[nH]c([C@H]3CCCC(C)(C)C3)nc2s1. The van der Waals surface area contributed by atoms with Crippen LogP contribution in [-0.4, -0.2) is 9.97 Å². The number of hydrogen-bond acceptors (Lipinski definition) is 3. The van der Waals surface area contributed by atoms with Gasteiger partial charge in [0.15, 0.2) is 0 Å². The van der Waals surface area contributed by atoms with Gasteiger partial charge >= 0.3 is 0 Å². The predicted molar refractivity (Wildman–Crippen MR) is 80.0 cm³/mol. The van der Waals surface area contributed by atoms with Crippen molar-refractivity contribution in [3.63, 3.8) is 0 Å². The fraction of sp³-hybridized carbons (Fsp3) is 0.600. The summed E-state index contributed by atoms with van der Waals surface area (Å²) in [6.07, 6.45) is 4.75. The molecular weight excluding hydrogens is 256 g/mol. The molecule has 1 N–H and O–H groups in total. The first-order chi connectivity index (χ1) is 8.94. The highest BCUT2D eigenvalue weighted by molar-refractivity contribution is 7.18. The number of H-pyrrole nitrogens is 1. The number of nitrogens with one attached hydrogen (secondary N) is 1. The summed E-state index contributed by atoms with van der Waals surface area (Å²) in [5.41, 5.74) is 0.384. The summed E-state index contributed by atoms with van der Waals surface area (Å²) in [4.78, 5) is 21.9. The molecule has 2 aromatic rings. The molecule has 0 bridgehead atoms. The van der Waals surface area contributed by atoms with E-state index in [1.54, 1.807) is 11.3 Å². The minimum atomic E-state index is 0.0210. The van der Waals surface area contributed by atoms with E-state index < -0.39 is 0 Å². The zero-order chi connectivity index (χ0) is 13.6. The van der Waals surface area contributed by atoms with Gasteiger partial charge in [-0.2, -0.15) is 0 Å². The fourth-order valence-corrected chi connectivity index (χ4v) is 4.08. The van der Waals surface area contributed by atoms with E-state index in [2.05, 4.69) is 18.8 Å². The minimum Gasteiger partial charge on any atom is -0.310 e. The van der Waals surface area contributed by atoms with Gasteiger partial charge in [-0.25, -0.2) is 4.98 Å². The monoisotopic (exact) mass is 276 g/mol. The van der Waals surface area contributed by atoms with Crippen molar-refractivity contribution in [2.24, 2.45) is 5.41 Å². The number of aryl methyl sites for hydroxylation is 1. The Morgan fingerprint density at radius 1 is 1.47 bits per heavy atom. The molecule has 1 atom stereocenters. The molecule has 0 aliphatic heterocycles. The number of nitrogens with zero attached hydrogens (tertiary/aromatic N) is 1. The molecule has 1 aliphatic rings. The van der Waals surface area contributed by atoms with Crippen molar-refractivity contribution in [3.05, 3.63) is 27.1 Å². The average Bonchev–Trinajstić information content (AvgIpc) is 2.69. The van der Waals surface area contributed by atoms with Crippen LogP contribution in [-0.2, 0) is 0 Å². The van der Waals surface area contributed by atoms with Crippen LogP contribution in [0.25, 0.3) is 10.2 Å². The van der Waals surface area contributed by atoms with Gasteiger partial charge in [-0.3, -0.25) is 4.79 Å². The van der Waals surface area contributed by atoms with Crippen LogP contribution in [0.2, 0.25) is 0 Å². The number of fused-ring (bicyclic) bond motifs is 1. The maximum absolute atomic E-state index is 12.1. The second-order valence-corrected chi connectivity index (χ2v) is 7.72. The van der Waals surface area contributed by atoms with Crippen LogP contribution >= 0.6 is 11.3 Å². The second-order valence-electron chi connectivity index (χ2n) is 6.48. The third-order valence-corrected chi connectivity index (χ3v) is 5.08. The van der Waals surface area contributed by atoms with Crippen molar-refractivity contribution in [2.45, 2.75) is 52.4 Å². The molecule has 0 saturated heterocycles. The summed E-state index contributed by atoms with van der Waals surface area (Å²) >= 11 is 1.61. The quantitative estimate of drug-likeness (QED) is 0.856. The van der Waals surface area contributed by atoms with Crippen molar-refractivity contribution in [3.8, 4) is 0 Å². The van der Waals surface area contributed by atoms with Crippen LogP contribution in [0.15, 0.2) is 10.9 Å². The third kappa shape index (κ3) is 2.46. The molecule has 0 radical (unpaired) electrons. The van der Waals surface area contributed by atoms with Gasteiger partial charge in [-0.1, -0.05) is 20.3 Å². The highest BCUT2D eigenvalue weighted by Crippen LogP contribution is 2.42. The summed E-state index contributed by atoms with van der Waals surface area (Å²) in [7, 11) is 0. The molecular formula is C15H20N2OS. The number of aromatic amines is 1. The molecule has 0 amide bonds. The number of rotatable bonds is 1. The predicted octanol–water partition coefficient (Wildman–Crippen LogP) is 3.98. The van der Waals surface area contributed by atoms with E-state index in [0.717, 1.165) is 33.8 Å². The van der Waals surface area contributed by atoms with Crippen molar-refractivity contribution in [2.75, 3.05) is 0 Å². The Kier molecular flexibility index (Phi) is 3.01. The third-order valence-electron chi connectivity index (χ3n) is 4.14. The number of thiophene rings is 1. The second kappa shape index (κ2) is 4.44. The Bertz CT molecular complexity index is 668. The van der Waals surface area contributed by atoms with Crippen LogP contribution < -0.4 is 5.56 Å². The van der Waals surface area contributed by atoms with Gasteiger partial charge in [-0.15, -0.1) is 11.3 Å².